The van der Waals surface area contributed by atoms with Crippen LogP contribution < -0.4 is 9.47 Å². The van der Waals surface area contributed by atoms with E-state index in [-0.39, 0.29) is 12.0 Å². The van der Waals surface area contributed by atoms with Gasteiger partial charge in [-0.3, -0.25) is 0 Å². The van der Waals surface area contributed by atoms with Gasteiger partial charge in [-0.05, 0) is 18.2 Å². The molecule has 1 aliphatic rings. The van der Waals surface area contributed by atoms with E-state index in [1.54, 1.807) is 43.5 Å². The zero-order valence-electron chi connectivity index (χ0n) is 14.6. The Morgan fingerprint density at radius 2 is 1.88 bits per heavy atom. The minimum atomic E-state index is -3.68. The third-order valence-corrected chi connectivity index (χ3v) is 5.21. The lowest BCUT2D eigenvalue weighted by molar-refractivity contribution is 0.365. The largest absolute Gasteiger partial charge is 0.497 e. The Kier molecular flexibility index (Phi) is 4.86. The van der Waals surface area contributed by atoms with Crippen LogP contribution in [0, 0.1) is 5.82 Å². The summed E-state index contributed by atoms with van der Waals surface area (Å²) in [5.74, 6) is 0.643. The summed E-state index contributed by atoms with van der Waals surface area (Å²) in [6.07, 6.45) is 1.29. The van der Waals surface area contributed by atoms with Crippen LogP contribution in [0.5, 0.6) is 11.5 Å². The number of hydrazone groups is 1. The fourth-order valence-corrected chi connectivity index (χ4v) is 3.87. The molecule has 0 radical (unpaired) electrons. The summed E-state index contributed by atoms with van der Waals surface area (Å²) in [5, 5.41) is 4.27. The van der Waals surface area contributed by atoms with Crippen LogP contribution >= 0.6 is 0 Å². The molecule has 0 unspecified atom stereocenters. The van der Waals surface area contributed by atoms with Crippen LogP contribution in [-0.4, -0.2) is 39.0 Å². The lowest BCUT2D eigenvalue weighted by Crippen LogP contribution is -2.26. The standard InChI is InChI=1S/C18H19FN2O4S/c1-24-12-8-9-14(18(10-12)25-2)16-11-17(21(20-16)26(3,22)23)13-6-4-5-7-15(13)19/h4-10,17H,11H2,1-3H3/t17-/m0/s1. The predicted molar refractivity (Wildman–Crippen MR) is 96.5 cm³/mol. The molecule has 0 aromatic heterocycles. The lowest BCUT2D eigenvalue weighted by atomic mass is 9.98. The number of methoxy groups -OCH3 is 2. The van der Waals surface area contributed by atoms with Gasteiger partial charge in [0.1, 0.15) is 17.3 Å². The third kappa shape index (κ3) is 3.37. The molecule has 0 saturated carbocycles. The maximum absolute atomic E-state index is 14.3. The van der Waals surface area contributed by atoms with Crippen molar-refractivity contribution in [2.24, 2.45) is 5.10 Å². The van der Waals surface area contributed by atoms with E-state index in [0.29, 0.717) is 22.8 Å². The Bertz CT molecular complexity index is 959. The molecule has 0 spiro atoms. The summed E-state index contributed by atoms with van der Waals surface area (Å²) in [4.78, 5) is 0. The van der Waals surface area contributed by atoms with Gasteiger partial charge >= 0.3 is 0 Å². The quantitative estimate of drug-likeness (QED) is 0.802. The molecule has 0 N–H and O–H groups in total. The Hall–Kier alpha value is -2.61. The van der Waals surface area contributed by atoms with Crippen molar-refractivity contribution in [2.75, 3.05) is 20.5 Å². The molecule has 1 heterocycles. The van der Waals surface area contributed by atoms with Crippen molar-refractivity contribution in [1.82, 2.24) is 4.41 Å². The number of nitrogens with zero attached hydrogens (tertiary/aromatic N) is 2. The topological polar surface area (TPSA) is 68.2 Å². The SMILES string of the molecule is COc1ccc(C2=NN(S(C)(=O)=O)[C@H](c3ccccc3F)C2)c(OC)c1. The van der Waals surface area contributed by atoms with Crippen molar-refractivity contribution in [3.8, 4) is 11.5 Å². The number of benzene rings is 2. The van der Waals surface area contributed by atoms with Gasteiger partial charge in [-0.1, -0.05) is 18.2 Å². The molecular weight excluding hydrogens is 359 g/mol. The van der Waals surface area contributed by atoms with Crippen LogP contribution in [0.15, 0.2) is 47.6 Å². The van der Waals surface area contributed by atoms with Crippen molar-refractivity contribution >= 4 is 15.7 Å². The molecule has 0 amide bonds. The van der Waals surface area contributed by atoms with E-state index < -0.39 is 21.9 Å². The average molecular weight is 378 g/mol. The first-order chi connectivity index (χ1) is 12.3. The second-order valence-corrected chi connectivity index (χ2v) is 7.73. The summed E-state index contributed by atoms with van der Waals surface area (Å²) in [6, 6.07) is 10.6. The fourth-order valence-electron chi connectivity index (χ4n) is 2.97. The molecular formula is C18H19FN2O4S. The molecule has 138 valence electrons. The third-order valence-electron chi connectivity index (χ3n) is 4.20. The summed E-state index contributed by atoms with van der Waals surface area (Å²) in [6.45, 7) is 0. The van der Waals surface area contributed by atoms with E-state index in [2.05, 4.69) is 5.10 Å². The van der Waals surface area contributed by atoms with E-state index in [0.717, 1.165) is 10.7 Å². The summed E-state index contributed by atoms with van der Waals surface area (Å²) in [5.41, 5.74) is 1.42. The second kappa shape index (κ2) is 6.95. The molecule has 2 aromatic carbocycles. The van der Waals surface area contributed by atoms with E-state index in [1.165, 1.54) is 13.2 Å². The van der Waals surface area contributed by atoms with Gasteiger partial charge in [0.05, 0.1) is 32.2 Å². The Morgan fingerprint density at radius 3 is 2.50 bits per heavy atom. The van der Waals surface area contributed by atoms with Crippen LogP contribution in [0.2, 0.25) is 0 Å². The number of rotatable bonds is 5. The molecule has 0 saturated heterocycles. The molecule has 0 aliphatic carbocycles. The van der Waals surface area contributed by atoms with Crippen LogP contribution in [0.25, 0.3) is 0 Å². The first-order valence-electron chi connectivity index (χ1n) is 7.89. The number of sulfonamides is 1. The van der Waals surface area contributed by atoms with Gasteiger partial charge in [-0.15, -0.1) is 0 Å². The molecule has 8 heteroatoms. The van der Waals surface area contributed by atoms with Crippen molar-refractivity contribution in [2.45, 2.75) is 12.5 Å². The van der Waals surface area contributed by atoms with Crippen LogP contribution in [-0.2, 0) is 10.0 Å². The zero-order chi connectivity index (χ0) is 18.9. The van der Waals surface area contributed by atoms with Crippen LogP contribution in [0.4, 0.5) is 4.39 Å². The summed E-state index contributed by atoms with van der Waals surface area (Å²) >= 11 is 0. The minimum absolute atomic E-state index is 0.233. The zero-order valence-corrected chi connectivity index (χ0v) is 15.5. The number of halogens is 1. The van der Waals surface area contributed by atoms with Gasteiger partial charge < -0.3 is 9.47 Å². The normalized spacial score (nSPS) is 17.2. The minimum Gasteiger partial charge on any atom is -0.497 e. The highest BCUT2D eigenvalue weighted by Crippen LogP contribution is 2.38. The summed E-state index contributed by atoms with van der Waals surface area (Å²) in [7, 11) is -0.623. The van der Waals surface area contributed by atoms with Gasteiger partial charge in [-0.25, -0.2) is 12.8 Å². The van der Waals surface area contributed by atoms with Crippen LogP contribution in [0.1, 0.15) is 23.6 Å². The number of ether oxygens (including phenoxy) is 2. The van der Waals surface area contributed by atoms with Gasteiger partial charge in [0.2, 0.25) is 10.0 Å². The van der Waals surface area contributed by atoms with Crippen molar-refractivity contribution in [3.05, 3.63) is 59.4 Å². The Labute approximate surface area is 151 Å². The molecule has 1 atom stereocenters. The highest BCUT2D eigenvalue weighted by molar-refractivity contribution is 7.88. The molecule has 1 aliphatic heterocycles. The van der Waals surface area contributed by atoms with Gasteiger partial charge in [-0.2, -0.15) is 9.52 Å². The van der Waals surface area contributed by atoms with Gasteiger partial charge in [0, 0.05) is 23.6 Å². The van der Waals surface area contributed by atoms with E-state index in [9.17, 15) is 12.8 Å². The van der Waals surface area contributed by atoms with Crippen molar-refractivity contribution in [3.63, 3.8) is 0 Å². The van der Waals surface area contributed by atoms with Gasteiger partial charge in [0.25, 0.3) is 0 Å². The number of hydrogen-bond acceptors (Lipinski definition) is 5. The maximum atomic E-state index is 14.3. The highest BCUT2D eigenvalue weighted by atomic mass is 32.2. The van der Waals surface area contributed by atoms with Crippen molar-refractivity contribution < 1.29 is 22.3 Å². The average Bonchev–Trinajstić information content (AvgIpc) is 3.06. The molecule has 2 aromatic rings. The maximum Gasteiger partial charge on any atom is 0.247 e. The first-order valence-corrected chi connectivity index (χ1v) is 9.73. The highest BCUT2D eigenvalue weighted by Gasteiger charge is 2.36. The van der Waals surface area contributed by atoms with Crippen LogP contribution in [0.3, 0.4) is 0 Å². The Morgan fingerprint density at radius 1 is 1.15 bits per heavy atom. The molecule has 0 bridgehead atoms. The second-order valence-electron chi connectivity index (χ2n) is 5.89. The fraction of sp³-hybridized carbons (Fsp3) is 0.278. The van der Waals surface area contributed by atoms with E-state index >= 15 is 0 Å². The number of hydrogen-bond donors (Lipinski definition) is 0. The lowest BCUT2D eigenvalue weighted by Gasteiger charge is -2.21. The monoisotopic (exact) mass is 378 g/mol. The first kappa shape index (κ1) is 18.2. The predicted octanol–water partition coefficient (Wildman–Crippen LogP) is 2.95. The Balaban J connectivity index is 2.07. The molecule has 26 heavy (non-hydrogen) atoms. The van der Waals surface area contributed by atoms with Gasteiger partial charge in [0.15, 0.2) is 0 Å². The smallest absolute Gasteiger partial charge is 0.247 e. The molecule has 3 rings (SSSR count). The molecule has 6 nitrogen and oxygen atoms in total. The van der Waals surface area contributed by atoms with E-state index in [1.807, 2.05) is 0 Å². The summed E-state index contributed by atoms with van der Waals surface area (Å²) < 4.78 is 50.2. The van der Waals surface area contributed by atoms with E-state index in [4.69, 9.17) is 9.47 Å². The van der Waals surface area contributed by atoms with Crippen molar-refractivity contribution in [1.29, 1.82) is 0 Å². The molecule has 0 fully saturated rings.